The average molecular weight is 568 g/mol. The fourth-order valence-electron chi connectivity index (χ4n) is 4.61. The van der Waals surface area contributed by atoms with Crippen LogP contribution in [0.3, 0.4) is 0 Å². The lowest BCUT2D eigenvalue weighted by atomic mass is 9.89. The van der Waals surface area contributed by atoms with E-state index in [0.29, 0.717) is 57.1 Å². The third-order valence-corrected chi connectivity index (χ3v) is 7.30. The Balaban J connectivity index is 1.42. The second-order valence-electron chi connectivity index (χ2n) is 9.17. The van der Waals surface area contributed by atoms with E-state index in [9.17, 15) is 13.2 Å². The van der Waals surface area contributed by atoms with Crippen LogP contribution in [0.25, 0.3) is 33.5 Å². The second-order valence-corrected chi connectivity index (χ2v) is 11.2. The van der Waals surface area contributed by atoms with Gasteiger partial charge in [-0.1, -0.05) is 11.6 Å². The van der Waals surface area contributed by atoms with Gasteiger partial charge in [0, 0.05) is 29.7 Å². The zero-order valence-electron chi connectivity index (χ0n) is 20.8. The molecule has 0 unspecified atom stereocenters. The van der Waals surface area contributed by atoms with Crippen LogP contribution in [0.5, 0.6) is 5.75 Å². The van der Waals surface area contributed by atoms with Crippen molar-refractivity contribution in [3.05, 3.63) is 65.8 Å². The minimum absolute atomic E-state index is 0.150. The molecular weight excluding hydrogens is 546 g/mol. The predicted molar refractivity (Wildman–Crippen MR) is 143 cm³/mol. The number of methoxy groups -OCH3 is 1. The first-order valence-electron chi connectivity index (χ1n) is 11.9. The number of carbonyl (C=O) groups is 1. The van der Waals surface area contributed by atoms with Crippen molar-refractivity contribution in [1.29, 1.82) is 0 Å². The molecule has 1 amide bonds. The van der Waals surface area contributed by atoms with E-state index >= 15 is 0 Å². The number of nitrogens with one attached hydrogen (secondary N) is 1. The van der Waals surface area contributed by atoms with Gasteiger partial charge >= 0.3 is 0 Å². The van der Waals surface area contributed by atoms with Crippen molar-refractivity contribution in [2.24, 2.45) is 0 Å². The van der Waals surface area contributed by atoms with Crippen molar-refractivity contribution in [2.75, 3.05) is 13.4 Å². The van der Waals surface area contributed by atoms with Gasteiger partial charge in [-0.15, -0.1) is 0 Å². The largest absolute Gasteiger partial charge is 0.494 e. The maximum absolute atomic E-state index is 13.4. The molecule has 200 valence electrons. The summed E-state index contributed by atoms with van der Waals surface area (Å²) in [5.41, 5.74) is 3.20. The third-order valence-electron chi connectivity index (χ3n) is 6.45. The maximum Gasteiger partial charge on any atom is 0.272 e. The number of aromatic nitrogens is 6. The number of carbonyl (C=O) groups excluding carboxylic acids is 1. The van der Waals surface area contributed by atoms with E-state index < -0.39 is 22.1 Å². The van der Waals surface area contributed by atoms with Gasteiger partial charge in [0.2, 0.25) is 0 Å². The number of amides is 1. The molecule has 4 aromatic heterocycles. The number of nitrogens with zero attached hydrogens (tertiary/aromatic N) is 6. The Morgan fingerprint density at radius 3 is 2.77 bits per heavy atom. The first kappa shape index (κ1) is 25.2. The lowest BCUT2D eigenvalue weighted by Crippen LogP contribution is -2.48. The third kappa shape index (κ3) is 4.80. The molecule has 0 aliphatic heterocycles. The molecule has 0 spiro atoms. The zero-order valence-corrected chi connectivity index (χ0v) is 22.3. The molecule has 1 aliphatic rings. The van der Waals surface area contributed by atoms with Crippen LogP contribution >= 0.6 is 11.6 Å². The highest BCUT2D eigenvalue weighted by Crippen LogP contribution is 2.33. The molecule has 6 rings (SSSR count). The standard InChI is InChI=1S/C25H22ClN7O5S/c1-37-22-5-4-14(26)8-21(22)33-20-11-19(17-13-29-32-7-3-6-27-24(17)32)28-12-18(20)23(31-33)25(34)30-15-9-16(10-15)38-39(2,35)36/h3-8,11-13,15-16H,9-10H2,1-2H3,(H,30,34). The minimum Gasteiger partial charge on any atom is -0.494 e. The van der Waals surface area contributed by atoms with Crippen LogP contribution in [0.1, 0.15) is 23.3 Å². The summed E-state index contributed by atoms with van der Waals surface area (Å²) in [6.07, 6.45) is 8.03. The first-order valence-corrected chi connectivity index (χ1v) is 14.1. The van der Waals surface area contributed by atoms with Crippen LogP contribution < -0.4 is 10.1 Å². The van der Waals surface area contributed by atoms with Gasteiger partial charge in [0.05, 0.1) is 47.8 Å². The summed E-state index contributed by atoms with van der Waals surface area (Å²) < 4.78 is 36.5. The highest BCUT2D eigenvalue weighted by molar-refractivity contribution is 7.86. The average Bonchev–Trinajstić information content (AvgIpc) is 3.48. The van der Waals surface area contributed by atoms with Gasteiger partial charge in [0.25, 0.3) is 16.0 Å². The Kier molecular flexibility index (Phi) is 6.20. The van der Waals surface area contributed by atoms with Crippen molar-refractivity contribution in [2.45, 2.75) is 25.0 Å². The Bertz CT molecular complexity index is 1850. The highest BCUT2D eigenvalue weighted by atomic mass is 35.5. The van der Waals surface area contributed by atoms with E-state index in [4.69, 9.17) is 20.5 Å². The molecule has 1 N–H and O–H groups in total. The molecule has 0 bridgehead atoms. The lowest BCUT2D eigenvalue weighted by molar-refractivity contribution is 0.0734. The molecule has 0 saturated heterocycles. The molecule has 1 saturated carbocycles. The van der Waals surface area contributed by atoms with E-state index in [-0.39, 0.29) is 11.7 Å². The van der Waals surface area contributed by atoms with E-state index in [2.05, 4.69) is 25.5 Å². The van der Waals surface area contributed by atoms with Crippen LogP contribution in [0, 0.1) is 0 Å². The van der Waals surface area contributed by atoms with E-state index in [1.165, 1.54) is 7.11 Å². The van der Waals surface area contributed by atoms with Gasteiger partial charge in [0.1, 0.15) is 11.4 Å². The van der Waals surface area contributed by atoms with Crippen LogP contribution in [0.2, 0.25) is 5.02 Å². The quantitative estimate of drug-likeness (QED) is 0.293. The molecule has 1 aliphatic carbocycles. The van der Waals surface area contributed by atoms with Crippen molar-refractivity contribution in [1.82, 2.24) is 34.7 Å². The van der Waals surface area contributed by atoms with Crippen LogP contribution in [0.4, 0.5) is 0 Å². The Labute approximate surface area is 227 Å². The molecule has 14 heteroatoms. The van der Waals surface area contributed by atoms with E-state index in [1.807, 2.05) is 6.07 Å². The van der Waals surface area contributed by atoms with Crippen molar-refractivity contribution in [3.8, 4) is 22.7 Å². The summed E-state index contributed by atoms with van der Waals surface area (Å²) in [5, 5.41) is 12.9. The SMILES string of the molecule is COc1ccc(Cl)cc1-n1nc(C(=O)NC2CC(OS(C)(=O)=O)C2)c2cnc(-c3cnn4cccnc34)cc21. The summed E-state index contributed by atoms with van der Waals surface area (Å²) in [6, 6.07) is 8.46. The monoisotopic (exact) mass is 567 g/mol. The molecule has 0 atom stereocenters. The summed E-state index contributed by atoms with van der Waals surface area (Å²) in [6.45, 7) is 0. The molecule has 1 aromatic carbocycles. The van der Waals surface area contributed by atoms with E-state index in [1.54, 1.807) is 58.3 Å². The van der Waals surface area contributed by atoms with Crippen molar-refractivity contribution in [3.63, 3.8) is 0 Å². The summed E-state index contributed by atoms with van der Waals surface area (Å²) >= 11 is 6.31. The Hall–Kier alpha value is -4.07. The number of hydrogen-bond acceptors (Lipinski definition) is 9. The normalized spacial score (nSPS) is 17.3. The number of pyridine rings is 1. The molecule has 5 aromatic rings. The number of ether oxygens (including phenoxy) is 1. The Morgan fingerprint density at radius 1 is 1.18 bits per heavy atom. The van der Waals surface area contributed by atoms with Gasteiger partial charge in [-0.25, -0.2) is 14.2 Å². The molecule has 4 heterocycles. The predicted octanol–water partition coefficient (Wildman–Crippen LogP) is 3.03. The fourth-order valence-corrected chi connectivity index (χ4v) is 5.43. The van der Waals surface area contributed by atoms with Crippen LogP contribution in [0.15, 0.2) is 55.1 Å². The van der Waals surface area contributed by atoms with Crippen molar-refractivity contribution < 1.29 is 22.1 Å². The van der Waals surface area contributed by atoms with Crippen LogP contribution in [-0.4, -0.2) is 69.2 Å². The number of fused-ring (bicyclic) bond motifs is 2. The number of halogens is 1. The van der Waals surface area contributed by atoms with Gasteiger partial charge in [-0.05, 0) is 43.2 Å². The second kappa shape index (κ2) is 9.59. The first-order chi connectivity index (χ1) is 18.7. The number of benzene rings is 1. The lowest BCUT2D eigenvalue weighted by Gasteiger charge is -2.34. The maximum atomic E-state index is 13.4. The van der Waals surface area contributed by atoms with Gasteiger partial charge in [0.15, 0.2) is 11.3 Å². The van der Waals surface area contributed by atoms with Crippen molar-refractivity contribution >= 4 is 44.2 Å². The smallest absolute Gasteiger partial charge is 0.272 e. The van der Waals surface area contributed by atoms with Crippen LogP contribution in [-0.2, 0) is 14.3 Å². The highest BCUT2D eigenvalue weighted by Gasteiger charge is 2.34. The number of hydrogen-bond donors (Lipinski definition) is 1. The fraction of sp³-hybridized carbons (Fsp3) is 0.240. The topological polar surface area (TPSA) is 143 Å². The Morgan fingerprint density at radius 2 is 2.00 bits per heavy atom. The molecule has 39 heavy (non-hydrogen) atoms. The summed E-state index contributed by atoms with van der Waals surface area (Å²) in [5.74, 6) is 0.0845. The molecule has 12 nitrogen and oxygen atoms in total. The van der Waals surface area contributed by atoms with Gasteiger partial charge < -0.3 is 10.1 Å². The summed E-state index contributed by atoms with van der Waals surface area (Å²) in [7, 11) is -2.02. The minimum atomic E-state index is -3.56. The zero-order chi connectivity index (χ0) is 27.3. The van der Waals surface area contributed by atoms with Gasteiger partial charge in [-0.3, -0.25) is 14.0 Å². The summed E-state index contributed by atoms with van der Waals surface area (Å²) in [4.78, 5) is 22.4. The van der Waals surface area contributed by atoms with E-state index in [0.717, 1.165) is 6.26 Å². The number of rotatable bonds is 7. The molecule has 0 radical (unpaired) electrons. The molecular formula is C25H22ClN7O5S. The van der Waals surface area contributed by atoms with Gasteiger partial charge in [-0.2, -0.15) is 18.6 Å². The molecule has 1 fully saturated rings.